The molecule has 2 aromatic carbocycles. The largest absolute Gasteiger partial charge is 0.497 e. The van der Waals surface area contributed by atoms with Crippen LogP contribution in [0.5, 0.6) is 11.5 Å². The number of benzene rings is 2. The summed E-state index contributed by atoms with van der Waals surface area (Å²) in [6, 6.07) is 16.0. The van der Waals surface area contributed by atoms with Crippen molar-refractivity contribution in [2.24, 2.45) is 0 Å². The van der Waals surface area contributed by atoms with Crippen LogP contribution < -0.4 is 14.8 Å². The van der Waals surface area contributed by atoms with Gasteiger partial charge in [0.05, 0.1) is 26.3 Å². The second kappa shape index (κ2) is 13.1. The highest BCUT2D eigenvalue weighted by Gasteiger charge is 2.30. The highest BCUT2D eigenvalue weighted by molar-refractivity contribution is 5.91. The molecule has 1 amide bonds. The third kappa shape index (κ3) is 7.82. The number of alkyl halides is 3. The average Bonchev–Trinajstić information content (AvgIpc) is 3.42. The standard InChI is InChI=1S/C29H29F3N4O4/c1-38-24-9-10-26(39-2)21(15-24)17-36(16-20-6-5-7-22(14-20)29(30,31)32)18-27-35-25(19-40-27)28(37)34-13-11-23-8-3-4-12-33-23/h3-10,12,14-15,19H,11,13,16-18H2,1-2H3,(H,34,37). The number of rotatable bonds is 12. The maximum Gasteiger partial charge on any atom is 0.416 e. The van der Waals surface area contributed by atoms with E-state index in [1.165, 1.54) is 19.4 Å². The third-order valence-electron chi connectivity index (χ3n) is 6.08. The summed E-state index contributed by atoms with van der Waals surface area (Å²) in [5.74, 6) is 1.04. The zero-order valence-electron chi connectivity index (χ0n) is 22.1. The molecule has 0 fully saturated rings. The van der Waals surface area contributed by atoms with E-state index in [1.807, 2.05) is 23.1 Å². The predicted octanol–water partition coefficient (Wildman–Crippen LogP) is 5.28. The van der Waals surface area contributed by atoms with Gasteiger partial charge in [0.25, 0.3) is 5.91 Å². The van der Waals surface area contributed by atoms with Crippen molar-refractivity contribution >= 4 is 5.91 Å². The number of methoxy groups -OCH3 is 2. The molecular weight excluding hydrogens is 525 g/mol. The minimum atomic E-state index is -4.46. The van der Waals surface area contributed by atoms with Gasteiger partial charge in [-0.3, -0.25) is 14.7 Å². The molecule has 0 saturated heterocycles. The predicted molar refractivity (Wildman–Crippen MR) is 141 cm³/mol. The molecule has 4 aromatic rings. The minimum absolute atomic E-state index is 0.106. The van der Waals surface area contributed by atoms with Crippen LogP contribution in [0.15, 0.2) is 77.5 Å². The summed E-state index contributed by atoms with van der Waals surface area (Å²) < 4.78 is 56.4. The van der Waals surface area contributed by atoms with Gasteiger partial charge in [-0.15, -0.1) is 0 Å². The molecule has 2 heterocycles. The van der Waals surface area contributed by atoms with E-state index in [0.717, 1.165) is 23.4 Å². The number of amides is 1. The van der Waals surface area contributed by atoms with Crippen LogP contribution >= 0.6 is 0 Å². The molecule has 0 spiro atoms. The lowest BCUT2D eigenvalue weighted by molar-refractivity contribution is -0.137. The number of nitrogens with one attached hydrogen (secondary N) is 1. The first-order valence-electron chi connectivity index (χ1n) is 12.5. The van der Waals surface area contributed by atoms with Gasteiger partial charge in [-0.05, 0) is 42.0 Å². The topological polar surface area (TPSA) is 89.7 Å². The molecular formula is C29H29F3N4O4. The Hall–Kier alpha value is -4.38. The van der Waals surface area contributed by atoms with Crippen molar-refractivity contribution in [3.8, 4) is 11.5 Å². The summed E-state index contributed by atoms with van der Waals surface area (Å²) in [5.41, 5.74) is 1.43. The molecule has 210 valence electrons. The van der Waals surface area contributed by atoms with Gasteiger partial charge in [0, 0.05) is 43.5 Å². The van der Waals surface area contributed by atoms with E-state index >= 15 is 0 Å². The van der Waals surface area contributed by atoms with Gasteiger partial charge < -0.3 is 19.2 Å². The number of hydrogen-bond acceptors (Lipinski definition) is 7. The number of aromatic nitrogens is 2. The van der Waals surface area contributed by atoms with Crippen LogP contribution in [0, 0.1) is 0 Å². The summed E-state index contributed by atoms with van der Waals surface area (Å²) in [6.45, 7) is 0.927. The molecule has 8 nitrogen and oxygen atoms in total. The summed E-state index contributed by atoms with van der Waals surface area (Å²) in [4.78, 5) is 23.0. The second-order valence-electron chi connectivity index (χ2n) is 8.97. The zero-order chi connectivity index (χ0) is 28.5. The molecule has 11 heteroatoms. The molecule has 0 aliphatic heterocycles. The molecule has 2 aromatic heterocycles. The molecule has 0 aliphatic carbocycles. The third-order valence-corrected chi connectivity index (χ3v) is 6.08. The van der Waals surface area contributed by atoms with E-state index in [9.17, 15) is 18.0 Å². The zero-order valence-corrected chi connectivity index (χ0v) is 22.1. The SMILES string of the molecule is COc1ccc(OC)c(CN(Cc2cccc(C(F)(F)F)c2)Cc2nc(C(=O)NCCc3ccccn3)co2)c1. The van der Waals surface area contributed by atoms with Gasteiger partial charge in [-0.1, -0.05) is 24.3 Å². The van der Waals surface area contributed by atoms with Gasteiger partial charge in [-0.2, -0.15) is 13.2 Å². The monoisotopic (exact) mass is 554 g/mol. The van der Waals surface area contributed by atoms with Crippen LogP contribution in [0.1, 0.15) is 38.8 Å². The van der Waals surface area contributed by atoms with Crippen molar-refractivity contribution in [2.75, 3.05) is 20.8 Å². The average molecular weight is 555 g/mol. The van der Waals surface area contributed by atoms with Crippen molar-refractivity contribution in [1.29, 1.82) is 0 Å². The number of hydrogen-bond donors (Lipinski definition) is 1. The quantitative estimate of drug-likeness (QED) is 0.255. The van der Waals surface area contributed by atoms with Gasteiger partial charge in [-0.25, -0.2) is 4.98 Å². The number of carbonyl (C=O) groups excluding carboxylic acids is 1. The summed E-state index contributed by atoms with van der Waals surface area (Å²) in [7, 11) is 3.08. The van der Waals surface area contributed by atoms with E-state index in [-0.39, 0.29) is 31.2 Å². The van der Waals surface area contributed by atoms with E-state index in [2.05, 4.69) is 15.3 Å². The Bertz CT molecular complexity index is 1410. The Kier molecular flexibility index (Phi) is 9.39. The maximum absolute atomic E-state index is 13.3. The van der Waals surface area contributed by atoms with Crippen LogP contribution in [-0.4, -0.2) is 41.5 Å². The number of carbonyl (C=O) groups is 1. The Morgan fingerprint density at radius 2 is 1.85 bits per heavy atom. The van der Waals surface area contributed by atoms with Crippen LogP contribution in [0.25, 0.3) is 0 Å². The van der Waals surface area contributed by atoms with Gasteiger partial charge >= 0.3 is 6.18 Å². The minimum Gasteiger partial charge on any atom is -0.497 e. The molecule has 0 atom stereocenters. The lowest BCUT2D eigenvalue weighted by Gasteiger charge is -2.23. The lowest BCUT2D eigenvalue weighted by Crippen LogP contribution is -2.26. The van der Waals surface area contributed by atoms with Crippen molar-refractivity contribution in [1.82, 2.24) is 20.2 Å². The molecule has 4 rings (SSSR count). The second-order valence-corrected chi connectivity index (χ2v) is 8.97. The van der Waals surface area contributed by atoms with Gasteiger partial charge in [0.15, 0.2) is 5.69 Å². The Morgan fingerprint density at radius 3 is 2.58 bits per heavy atom. The van der Waals surface area contributed by atoms with Crippen molar-refractivity contribution in [2.45, 2.75) is 32.2 Å². The van der Waals surface area contributed by atoms with Crippen molar-refractivity contribution in [3.63, 3.8) is 0 Å². The van der Waals surface area contributed by atoms with E-state index in [4.69, 9.17) is 13.9 Å². The number of halogens is 3. The maximum atomic E-state index is 13.3. The highest BCUT2D eigenvalue weighted by Crippen LogP contribution is 2.31. The van der Waals surface area contributed by atoms with Crippen LogP contribution in [-0.2, 0) is 32.2 Å². The van der Waals surface area contributed by atoms with Crippen LogP contribution in [0.3, 0.4) is 0 Å². The molecule has 40 heavy (non-hydrogen) atoms. The van der Waals surface area contributed by atoms with Crippen molar-refractivity contribution < 1.29 is 31.9 Å². The summed E-state index contributed by atoms with van der Waals surface area (Å²) in [6.07, 6.45) is -0.948. The van der Waals surface area contributed by atoms with Crippen LogP contribution in [0.2, 0.25) is 0 Å². The summed E-state index contributed by atoms with van der Waals surface area (Å²) >= 11 is 0. The molecule has 0 saturated carbocycles. The Labute approximate surface area is 229 Å². The van der Waals surface area contributed by atoms with E-state index < -0.39 is 17.6 Å². The summed E-state index contributed by atoms with van der Waals surface area (Å²) in [5, 5.41) is 2.79. The number of oxazole rings is 1. The van der Waals surface area contributed by atoms with Gasteiger partial charge in [0.2, 0.25) is 5.89 Å². The van der Waals surface area contributed by atoms with E-state index in [0.29, 0.717) is 30.0 Å². The van der Waals surface area contributed by atoms with Crippen LogP contribution in [0.4, 0.5) is 13.2 Å². The van der Waals surface area contributed by atoms with E-state index in [1.54, 1.807) is 37.6 Å². The molecule has 0 radical (unpaired) electrons. The fourth-order valence-electron chi connectivity index (χ4n) is 4.14. The Morgan fingerprint density at radius 1 is 1.00 bits per heavy atom. The lowest BCUT2D eigenvalue weighted by atomic mass is 10.1. The number of ether oxygens (including phenoxy) is 2. The molecule has 0 bridgehead atoms. The Balaban J connectivity index is 1.50. The first-order chi connectivity index (χ1) is 19.2. The first kappa shape index (κ1) is 28.6. The van der Waals surface area contributed by atoms with Gasteiger partial charge in [0.1, 0.15) is 17.8 Å². The molecule has 0 aliphatic rings. The molecule has 0 unspecified atom stereocenters. The smallest absolute Gasteiger partial charge is 0.416 e. The normalized spacial score (nSPS) is 11.4. The number of pyridine rings is 1. The fourth-order valence-corrected chi connectivity index (χ4v) is 4.14. The fraction of sp³-hybridized carbons (Fsp3) is 0.276. The first-order valence-corrected chi connectivity index (χ1v) is 12.5. The number of nitrogens with zero attached hydrogens (tertiary/aromatic N) is 3. The molecule has 1 N–H and O–H groups in total. The highest BCUT2D eigenvalue weighted by atomic mass is 19.4. The van der Waals surface area contributed by atoms with Crippen molar-refractivity contribution in [3.05, 3.63) is 107 Å².